The van der Waals surface area contributed by atoms with Crippen molar-refractivity contribution in [2.45, 2.75) is 89.8 Å². The van der Waals surface area contributed by atoms with Crippen LogP contribution in [-0.4, -0.2) is 45.8 Å². The molecule has 0 saturated heterocycles. The summed E-state index contributed by atoms with van der Waals surface area (Å²) in [7, 11) is 0. The number of unbranched alkanes of at least 4 members (excludes halogenated alkanes) is 5. The van der Waals surface area contributed by atoms with Gasteiger partial charge >= 0.3 is 5.97 Å². The highest BCUT2D eigenvalue weighted by Crippen LogP contribution is 2.50. The van der Waals surface area contributed by atoms with Gasteiger partial charge in [0.2, 0.25) is 6.61 Å². The smallest absolute Gasteiger partial charge is 0.344 e. The third-order valence-electron chi connectivity index (χ3n) is 6.02. The van der Waals surface area contributed by atoms with Crippen molar-refractivity contribution in [3.8, 4) is 0 Å². The van der Waals surface area contributed by atoms with E-state index >= 15 is 0 Å². The fourth-order valence-electron chi connectivity index (χ4n) is 4.47. The number of hydrogen-bond acceptors (Lipinski definition) is 5. The summed E-state index contributed by atoms with van der Waals surface area (Å²) in [5.41, 5.74) is 0.880. The monoisotopic (exact) mass is 369 g/mol. The highest BCUT2D eigenvalue weighted by Gasteiger charge is 2.51. The number of hydrogen-bond donors (Lipinski definition) is 3. The van der Waals surface area contributed by atoms with Gasteiger partial charge in [-0.2, -0.15) is 0 Å². The zero-order valence-electron chi connectivity index (χ0n) is 16.0. The molecule has 150 valence electrons. The lowest BCUT2D eigenvalue weighted by molar-refractivity contribution is -0.142. The lowest BCUT2D eigenvalue weighted by Gasteiger charge is -2.35. The van der Waals surface area contributed by atoms with Crippen molar-refractivity contribution in [1.29, 1.82) is 0 Å². The molecule has 0 aromatic rings. The number of oxime groups is 1. The van der Waals surface area contributed by atoms with E-state index in [-0.39, 0.29) is 24.0 Å². The second kappa shape index (κ2) is 10.9. The van der Waals surface area contributed by atoms with Crippen molar-refractivity contribution in [2.24, 2.45) is 22.9 Å². The van der Waals surface area contributed by atoms with Crippen molar-refractivity contribution >= 4 is 11.7 Å². The second-order valence-electron chi connectivity index (χ2n) is 7.98. The van der Waals surface area contributed by atoms with Crippen LogP contribution in [0.4, 0.5) is 0 Å². The molecular formula is C20H35NO5. The standard InChI is InChI=1S/C20H35NO5/c1-2-3-4-5-6-7-8-14(22)9-10-15-16-11-18(17(16)12-19(15)23)21-26-13-20(24)25/h14-17,19,22-23H,2-13H2,1H3,(H,24,25). The van der Waals surface area contributed by atoms with E-state index in [0.717, 1.165) is 37.8 Å². The zero-order valence-corrected chi connectivity index (χ0v) is 16.0. The predicted octanol–water partition coefficient (Wildman–Crippen LogP) is 3.35. The van der Waals surface area contributed by atoms with Crippen LogP contribution in [0, 0.1) is 17.8 Å². The van der Waals surface area contributed by atoms with Crippen molar-refractivity contribution in [3.05, 3.63) is 0 Å². The molecule has 0 aliphatic heterocycles. The van der Waals surface area contributed by atoms with E-state index in [0.29, 0.717) is 12.3 Å². The fraction of sp³-hybridized carbons (Fsp3) is 0.900. The normalized spacial score (nSPS) is 30.0. The summed E-state index contributed by atoms with van der Waals surface area (Å²) in [5, 5.41) is 33.0. The first-order valence-corrected chi connectivity index (χ1v) is 10.3. The van der Waals surface area contributed by atoms with E-state index in [4.69, 9.17) is 9.94 Å². The third kappa shape index (κ3) is 6.23. The average Bonchev–Trinajstić information content (AvgIpc) is 2.83. The minimum absolute atomic E-state index is 0.220. The molecule has 0 radical (unpaired) electrons. The van der Waals surface area contributed by atoms with E-state index in [1.807, 2.05) is 0 Å². The van der Waals surface area contributed by atoms with Crippen LogP contribution in [0.1, 0.15) is 77.6 Å². The minimum Gasteiger partial charge on any atom is -0.479 e. The number of carboxylic acid groups (broad SMARTS) is 1. The van der Waals surface area contributed by atoms with Crippen molar-refractivity contribution in [3.63, 3.8) is 0 Å². The topological polar surface area (TPSA) is 99.4 Å². The molecule has 0 amide bonds. The summed E-state index contributed by atoms with van der Waals surface area (Å²) in [4.78, 5) is 15.3. The second-order valence-corrected chi connectivity index (χ2v) is 7.98. The summed E-state index contributed by atoms with van der Waals surface area (Å²) >= 11 is 0. The molecule has 26 heavy (non-hydrogen) atoms. The highest BCUT2D eigenvalue weighted by molar-refractivity contribution is 5.93. The van der Waals surface area contributed by atoms with Gasteiger partial charge in [-0.15, -0.1) is 0 Å². The maximum atomic E-state index is 10.5. The molecule has 2 fully saturated rings. The Morgan fingerprint density at radius 2 is 1.96 bits per heavy atom. The first-order chi connectivity index (χ1) is 12.5. The number of nitrogens with zero attached hydrogens (tertiary/aromatic N) is 1. The van der Waals surface area contributed by atoms with Gasteiger partial charge in [0, 0.05) is 5.92 Å². The number of fused-ring (bicyclic) bond motifs is 1. The summed E-state index contributed by atoms with van der Waals surface area (Å²) < 4.78 is 0. The molecule has 0 bridgehead atoms. The van der Waals surface area contributed by atoms with Crippen LogP contribution in [0.5, 0.6) is 0 Å². The number of rotatable bonds is 13. The molecule has 2 aliphatic carbocycles. The van der Waals surface area contributed by atoms with Crippen LogP contribution < -0.4 is 0 Å². The molecule has 0 aromatic heterocycles. The SMILES string of the molecule is CCCCCCCCC(O)CCC1C(O)CC2C(=NOCC(=O)O)CC21. The maximum absolute atomic E-state index is 10.5. The molecule has 2 aliphatic rings. The number of aliphatic hydroxyl groups excluding tert-OH is 2. The van der Waals surface area contributed by atoms with Gasteiger partial charge in [-0.05, 0) is 43.9 Å². The van der Waals surface area contributed by atoms with Crippen molar-refractivity contribution in [2.75, 3.05) is 6.61 Å². The Morgan fingerprint density at radius 3 is 2.69 bits per heavy atom. The van der Waals surface area contributed by atoms with Gasteiger partial charge in [0.15, 0.2) is 0 Å². The van der Waals surface area contributed by atoms with Crippen LogP contribution in [0.25, 0.3) is 0 Å². The van der Waals surface area contributed by atoms with E-state index in [9.17, 15) is 15.0 Å². The van der Waals surface area contributed by atoms with E-state index < -0.39 is 12.6 Å². The molecule has 0 spiro atoms. The lowest BCUT2D eigenvalue weighted by atomic mass is 9.70. The average molecular weight is 370 g/mol. The van der Waals surface area contributed by atoms with Gasteiger partial charge in [0.25, 0.3) is 0 Å². The van der Waals surface area contributed by atoms with Crippen LogP contribution in [-0.2, 0) is 9.63 Å². The van der Waals surface area contributed by atoms with E-state index in [1.54, 1.807) is 0 Å². The molecule has 3 N–H and O–H groups in total. The summed E-state index contributed by atoms with van der Waals surface area (Å²) in [6.45, 7) is 1.79. The molecule has 6 nitrogen and oxygen atoms in total. The van der Waals surface area contributed by atoms with Gasteiger partial charge < -0.3 is 20.2 Å². The van der Waals surface area contributed by atoms with Crippen LogP contribution in [0.15, 0.2) is 5.16 Å². The van der Waals surface area contributed by atoms with Gasteiger partial charge in [0.05, 0.1) is 17.9 Å². The number of carboxylic acids is 1. The van der Waals surface area contributed by atoms with Gasteiger partial charge in [-0.3, -0.25) is 0 Å². The summed E-state index contributed by atoms with van der Waals surface area (Å²) in [6.07, 6.45) is 10.7. The zero-order chi connectivity index (χ0) is 18.9. The largest absolute Gasteiger partial charge is 0.479 e. The quantitative estimate of drug-likeness (QED) is 0.341. The Hall–Kier alpha value is -1.14. The summed E-state index contributed by atoms with van der Waals surface area (Å²) in [6, 6.07) is 0. The van der Waals surface area contributed by atoms with Gasteiger partial charge in [0.1, 0.15) is 0 Å². The van der Waals surface area contributed by atoms with Crippen molar-refractivity contribution in [1.82, 2.24) is 0 Å². The third-order valence-corrected chi connectivity index (χ3v) is 6.02. The van der Waals surface area contributed by atoms with Gasteiger partial charge in [-0.1, -0.05) is 50.6 Å². The number of aliphatic hydroxyl groups is 2. The lowest BCUT2D eigenvalue weighted by Crippen LogP contribution is -2.37. The molecule has 2 saturated carbocycles. The maximum Gasteiger partial charge on any atom is 0.344 e. The number of carbonyl (C=O) groups is 1. The van der Waals surface area contributed by atoms with Crippen LogP contribution in [0.3, 0.4) is 0 Å². The summed E-state index contributed by atoms with van der Waals surface area (Å²) in [5.74, 6) is -0.190. The van der Waals surface area contributed by atoms with E-state index in [1.165, 1.54) is 32.1 Å². The minimum atomic E-state index is -1.03. The molecule has 2 rings (SSSR count). The van der Waals surface area contributed by atoms with Crippen LogP contribution >= 0.6 is 0 Å². The first-order valence-electron chi connectivity index (χ1n) is 10.3. The van der Waals surface area contributed by atoms with Crippen molar-refractivity contribution < 1.29 is 25.0 Å². The molecule has 6 heteroatoms. The Kier molecular flexibility index (Phi) is 8.85. The fourth-order valence-corrected chi connectivity index (χ4v) is 4.47. The Labute approximate surface area is 156 Å². The highest BCUT2D eigenvalue weighted by atomic mass is 16.6. The predicted molar refractivity (Wildman–Crippen MR) is 100.0 cm³/mol. The molecule has 0 aromatic carbocycles. The Bertz CT molecular complexity index is 467. The number of aliphatic carboxylic acids is 1. The molecule has 0 heterocycles. The van der Waals surface area contributed by atoms with Gasteiger partial charge in [-0.25, -0.2) is 4.79 Å². The Morgan fingerprint density at radius 1 is 1.23 bits per heavy atom. The Balaban J connectivity index is 1.62. The van der Waals surface area contributed by atoms with E-state index in [2.05, 4.69) is 12.1 Å². The van der Waals surface area contributed by atoms with Crippen LogP contribution in [0.2, 0.25) is 0 Å². The first kappa shape index (κ1) is 21.2. The molecule has 5 unspecified atom stereocenters. The molecule has 5 atom stereocenters. The molecular weight excluding hydrogens is 334 g/mol.